The van der Waals surface area contributed by atoms with Gasteiger partial charge in [0, 0.05) is 32.5 Å². The molecule has 0 radical (unpaired) electrons. The SMILES string of the molecule is COCCOCCCCNC(=O)Nc1cccc(CN)c1. The highest BCUT2D eigenvalue weighted by atomic mass is 16.5. The lowest BCUT2D eigenvalue weighted by atomic mass is 10.2. The van der Waals surface area contributed by atoms with Crippen LogP contribution in [0, 0.1) is 0 Å². The Labute approximate surface area is 126 Å². The molecule has 1 rings (SSSR count). The molecule has 0 spiro atoms. The number of carbonyl (C=O) groups is 1. The molecule has 0 heterocycles. The maximum absolute atomic E-state index is 11.7. The summed E-state index contributed by atoms with van der Waals surface area (Å²) in [6.45, 7) is 2.99. The Hall–Kier alpha value is -1.63. The maximum Gasteiger partial charge on any atom is 0.319 e. The van der Waals surface area contributed by atoms with E-state index in [-0.39, 0.29) is 6.03 Å². The number of amides is 2. The van der Waals surface area contributed by atoms with Crippen molar-refractivity contribution in [2.24, 2.45) is 5.73 Å². The van der Waals surface area contributed by atoms with Crippen molar-refractivity contribution in [2.75, 3.05) is 38.8 Å². The smallest absolute Gasteiger partial charge is 0.319 e. The van der Waals surface area contributed by atoms with Crippen molar-refractivity contribution in [1.29, 1.82) is 0 Å². The predicted molar refractivity (Wildman–Crippen MR) is 83.3 cm³/mol. The van der Waals surface area contributed by atoms with Gasteiger partial charge >= 0.3 is 6.03 Å². The zero-order valence-electron chi connectivity index (χ0n) is 12.6. The Morgan fingerprint density at radius 2 is 2.10 bits per heavy atom. The molecule has 21 heavy (non-hydrogen) atoms. The van der Waals surface area contributed by atoms with Gasteiger partial charge in [0.05, 0.1) is 13.2 Å². The average Bonchev–Trinajstić information content (AvgIpc) is 2.50. The van der Waals surface area contributed by atoms with Crippen molar-refractivity contribution in [3.8, 4) is 0 Å². The summed E-state index contributed by atoms with van der Waals surface area (Å²) in [7, 11) is 1.65. The highest BCUT2D eigenvalue weighted by Gasteiger charge is 2.01. The zero-order chi connectivity index (χ0) is 15.3. The first-order chi connectivity index (χ1) is 10.3. The van der Waals surface area contributed by atoms with Crippen LogP contribution in [0.25, 0.3) is 0 Å². The van der Waals surface area contributed by atoms with Gasteiger partial charge in [0.15, 0.2) is 0 Å². The fraction of sp³-hybridized carbons (Fsp3) is 0.533. The number of nitrogens with two attached hydrogens (primary N) is 1. The van der Waals surface area contributed by atoms with Crippen LogP contribution in [0.5, 0.6) is 0 Å². The van der Waals surface area contributed by atoms with Gasteiger partial charge in [-0.2, -0.15) is 0 Å². The third kappa shape index (κ3) is 8.29. The second-order valence-corrected chi connectivity index (χ2v) is 4.60. The molecule has 0 saturated carbocycles. The van der Waals surface area contributed by atoms with E-state index in [4.69, 9.17) is 15.2 Å². The summed E-state index contributed by atoms with van der Waals surface area (Å²) in [6.07, 6.45) is 1.79. The number of rotatable bonds is 10. The number of urea groups is 1. The van der Waals surface area contributed by atoms with Crippen LogP contribution in [-0.2, 0) is 16.0 Å². The summed E-state index contributed by atoms with van der Waals surface area (Å²) >= 11 is 0. The molecular weight excluding hydrogens is 270 g/mol. The normalized spacial score (nSPS) is 10.4. The van der Waals surface area contributed by atoms with Gasteiger partial charge in [-0.05, 0) is 30.5 Å². The molecule has 0 aliphatic heterocycles. The van der Waals surface area contributed by atoms with Crippen molar-refractivity contribution in [3.05, 3.63) is 29.8 Å². The summed E-state index contributed by atoms with van der Waals surface area (Å²) < 4.78 is 10.2. The van der Waals surface area contributed by atoms with E-state index in [0.717, 1.165) is 24.1 Å². The molecule has 4 N–H and O–H groups in total. The lowest BCUT2D eigenvalue weighted by molar-refractivity contribution is 0.0689. The Bertz CT molecular complexity index is 413. The Morgan fingerprint density at radius 3 is 2.86 bits per heavy atom. The highest BCUT2D eigenvalue weighted by Crippen LogP contribution is 2.09. The standard InChI is InChI=1S/C15H25N3O3/c1-20-9-10-21-8-3-2-7-17-15(19)18-14-6-4-5-13(11-14)12-16/h4-6,11H,2-3,7-10,12,16H2,1H3,(H2,17,18,19). The van der Waals surface area contributed by atoms with Crippen molar-refractivity contribution in [2.45, 2.75) is 19.4 Å². The minimum Gasteiger partial charge on any atom is -0.382 e. The Morgan fingerprint density at radius 1 is 1.24 bits per heavy atom. The number of anilines is 1. The van der Waals surface area contributed by atoms with Crippen LogP contribution in [0.1, 0.15) is 18.4 Å². The maximum atomic E-state index is 11.7. The molecule has 0 aliphatic carbocycles. The highest BCUT2D eigenvalue weighted by molar-refractivity contribution is 5.89. The molecule has 1 aromatic carbocycles. The third-order valence-electron chi connectivity index (χ3n) is 2.85. The third-order valence-corrected chi connectivity index (χ3v) is 2.85. The van der Waals surface area contributed by atoms with E-state index in [0.29, 0.717) is 32.9 Å². The van der Waals surface area contributed by atoms with Crippen LogP contribution in [0.2, 0.25) is 0 Å². The largest absolute Gasteiger partial charge is 0.382 e. The molecule has 0 fully saturated rings. The Balaban J connectivity index is 2.08. The Kier molecular flexibility index (Phi) is 9.19. The first-order valence-corrected chi connectivity index (χ1v) is 7.17. The molecule has 1 aromatic rings. The monoisotopic (exact) mass is 295 g/mol. The van der Waals surface area contributed by atoms with Gasteiger partial charge in [0.1, 0.15) is 0 Å². The van der Waals surface area contributed by atoms with E-state index >= 15 is 0 Å². The fourth-order valence-electron chi connectivity index (χ4n) is 1.73. The van der Waals surface area contributed by atoms with Crippen molar-refractivity contribution in [3.63, 3.8) is 0 Å². The van der Waals surface area contributed by atoms with Crippen LogP contribution >= 0.6 is 0 Å². The number of nitrogens with one attached hydrogen (secondary N) is 2. The molecule has 0 aromatic heterocycles. The van der Waals surface area contributed by atoms with E-state index in [9.17, 15) is 4.79 Å². The van der Waals surface area contributed by atoms with Gasteiger partial charge in [-0.1, -0.05) is 12.1 Å². The van der Waals surface area contributed by atoms with E-state index in [1.165, 1.54) is 0 Å². The van der Waals surface area contributed by atoms with Crippen molar-refractivity contribution >= 4 is 11.7 Å². The van der Waals surface area contributed by atoms with Crippen molar-refractivity contribution in [1.82, 2.24) is 5.32 Å². The number of ether oxygens (including phenoxy) is 2. The summed E-state index contributed by atoms with van der Waals surface area (Å²) in [5.41, 5.74) is 7.29. The van der Waals surface area contributed by atoms with Crippen LogP contribution in [0.15, 0.2) is 24.3 Å². The molecule has 6 heteroatoms. The topological polar surface area (TPSA) is 85.6 Å². The summed E-state index contributed by atoms with van der Waals surface area (Å²) in [6, 6.07) is 7.29. The van der Waals surface area contributed by atoms with Gasteiger partial charge in [0.2, 0.25) is 0 Å². The zero-order valence-corrected chi connectivity index (χ0v) is 12.6. The summed E-state index contributed by atoms with van der Waals surface area (Å²) in [5.74, 6) is 0. The molecule has 0 aliphatic rings. The quantitative estimate of drug-likeness (QED) is 0.574. The minimum absolute atomic E-state index is 0.204. The van der Waals surface area contributed by atoms with Gasteiger partial charge in [-0.15, -0.1) is 0 Å². The van der Waals surface area contributed by atoms with E-state index in [1.54, 1.807) is 7.11 Å². The van der Waals surface area contributed by atoms with Crippen LogP contribution in [-0.4, -0.2) is 39.5 Å². The van der Waals surface area contributed by atoms with Gasteiger partial charge in [-0.25, -0.2) is 4.79 Å². The van der Waals surface area contributed by atoms with E-state index < -0.39 is 0 Å². The van der Waals surface area contributed by atoms with Crippen LogP contribution in [0.3, 0.4) is 0 Å². The molecule has 0 unspecified atom stereocenters. The predicted octanol–water partition coefficient (Wildman–Crippen LogP) is 1.71. The second-order valence-electron chi connectivity index (χ2n) is 4.60. The molecule has 2 amide bonds. The molecule has 0 bridgehead atoms. The number of methoxy groups -OCH3 is 1. The fourth-order valence-corrected chi connectivity index (χ4v) is 1.73. The minimum atomic E-state index is -0.204. The molecule has 0 atom stereocenters. The first kappa shape index (κ1) is 17.4. The second kappa shape index (κ2) is 11.1. The molecule has 6 nitrogen and oxygen atoms in total. The van der Waals surface area contributed by atoms with E-state index in [2.05, 4.69) is 10.6 Å². The number of carbonyl (C=O) groups excluding carboxylic acids is 1. The van der Waals surface area contributed by atoms with Gasteiger partial charge in [-0.3, -0.25) is 0 Å². The van der Waals surface area contributed by atoms with Gasteiger partial charge < -0.3 is 25.8 Å². The number of unbranched alkanes of at least 4 members (excludes halogenated alkanes) is 1. The van der Waals surface area contributed by atoms with Crippen LogP contribution < -0.4 is 16.4 Å². The van der Waals surface area contributed by atoms with Gasteiger partial charge in [0.25, 0.3) is 0 Å². The van der Waals surface area contributed by atoms with Crippen LogP contribution in [0.4, 0.5) is 10.5 Å². The lowest BCUT2D eigenvalue weighted by Crippen LogP contribution is -2.29. The lowest BCUT2D eigenvalue weighted by Gasteiger charge is -2.08. The number of benzene rings is 1. The first-order valence-electron chi connectivity index (χ1n) is 7.17. The van der Waals surface area contributed by atoms with E-state index in [1.807, 2.05) is 24.3 Å². The average molecular weight is 295 g/mol. The number of hydrogen-bond acceptors (Lipinski definition) is 4. The van der Waals surface area contributed by atoms with Crippen molar-refractivity contribution < 1.29 is 14.3 Å². The summed E-state index contributed by atoms with van der Waals surface area (Å²) in [5, 5.41) is 5.59. The molecule has 0 saturated heterocycles. The molecular formula is C15H25N3O3. The molecule has 118 valence electrons. The number of hydrogen-bond donors (Lipinski definition) is 3. The summed E-state index contributed by atoms with van der Waals surface area (Å²) in [4.78, 5) is 11.7.